The Kier molecular flexibility index (Phi) is 6.18. The van der Waals surface area contributed by atoms with E-state index in [2.05, 4.69) is 10.3 Å². The van der Waals surface area contributed by atoms with Crippen LogP contribution in [0.25, 0.3) is 0 Å². The van der Waals surface area contributed by atoms with E-state index in [1.165, 1.54) is 16.4 Å². The average molecular weight is 395 g/mol. The van der Waals surface area contributed by atoms with Crippen molar-refractivity contribution >= 4 is 21.7 Å². The number of sulfonamides is 1. The highest BCUT2D eigenvalue weighted by atomic mass is 32.2. The number of nitrogens with one attached hydrogen (secondary N) is 1. The van der Waals surface area contributed by atoms with Crippen molar-refractivity contribution in [2.75, 3.05) is 11.9 Å². The summed E-state index contributed by atoms with van der Waals surface area (Å²) in [5.74, 6) is -0.0599. The minimum absolute atomic E-state index is 0.0900. The summed E-state index contributed by atoms with van der Waals surface area (Å²) in [7, 11) is -3.84. The van der Waals surface area contributed by atoms with Crippen molar-refractivity contribution in [3.63, 3.8) is 0 Å². The van der Waals surface area contributed by atoms with Gasteiger partial charge in [-0.1, -0.05) is 54.6 Å². The van der Waals surface area contributed by atoms with Gasteiger partial charge in [0.05, 0.1) is 11.4 Å². The number of carbonyl (C=O) groups is 1. The summed E-state index contributed by atoms with van der Waals surface area (Å²) in [6.45, 7) is 1.59. The van der Waals surface area contributed by atoms with Crippen molar-refractivity contribution in [3.8, 4) is 0 Å². The van der Waals surface area contributed by atoms with Crippen LogP contribution >= 0.6 is 0 Å². The molecule has 1 aromatic heterocycles. The number of amides is 1. The average Bonchev–Trinajstić information content (AvgIpc) is 2.69. The van der Waals surface area contributed by atoms with E-state index in [0.717, 1.165) is 11.3 Å². The number of rotatable bonds is 7. The third kappa shape index (κ3) is 5.03. The molecular weight excluding hydrogens is 374 g/mol. The van der Waals surface area contributed by atoms with Crippen LogP contribution in [0.15, 0.2) is 83.8 Å². The Morgan fingerprint density at radius 1 is 0.929 bits per heavy atom. The van der Waals surface area contributed by atoms with Gasteiger partial charge in [0.15, 0.2) is 0 Å². The van der Waals surface area contributed by atoms with Crippen molar-refractivity contribution in [1.29, 1.82) is 0 Å². The molecule has 0 unspecified atom stereocenters. The fourth-order valence-electron chi connectivity index (χ4n) is 2.71. The molecule has 1 N–H and O–H groups in total. The number of nitrogens with zero attached hydrogens (tertiary/aromatic N) is 2. The Labute approximate surface area is 164 Å². The first kappa shape index (κ1) is 19.7. The van der Waals surface area contributed by atoms with E-state index < -0.39 is 15.9 Å². The van der Waals surface area contributed by atoms with Crippen LogP contribution in [0.5, 0.6) is 0 Å². The SMILES string of the molecule is Cc1cccc(NC(=O)CN(Cc2ccccc2)S(=O)(=O)c2ccccc2)n1. The van der Waals surface area contributed by atoms with E-state index in [0.29, 0.717) is 5.82 Å². The van der Waals surface area contributed by atoms with E-state index in [1.807, 2.05) is 43.3 Å². The van der Waals surface area contributed by atoms with Crippen LogP contribution in [0, 0.1) is 6.92 Å². The van der Waals surface area contributed by atoms with Crippen molar-refractivity contribution in [3.05, 3.63) is 90.1 Å². The van der Waals surface area contributed by atoms with Crippen LogP contribution in [0.4, 0.5) is 5.82 Å². The largest absolute Gasteiger partial charge is 0.310 e. The predicted molar refractivity (Wildman–Crippen MR) is 108 cm³/mol. The molecule has 1 heterocycles. The van der Waals surface area contributed by atoms with Crippen LogP contribution in [-0.2, 0) is 21.4 Å². The Hall–Kier alpha value is -3.03. The number of hydrogen-bond donors (Lipinski definition) is 1. The van der Waals surface area contributed by atoms with Gasteiger partial charge in [-0.3, -0.25) is 4.79 Å². The highest BCUT2D eigenvalue weighted by Crippen LogP contribution is 2.18. The van der Waals surface area contributed by atoms with Gasteiger partial charge in [-0.2, -0.15) is 4.31 Å². The van der Waals surface area contributed by atoms with Crippen molar-refractivity contribution in [2.45, 2.75) is 18.4 Å². The molecule has 0 saturated carbocycles. The number of hydrogen-bond acceptors (Lipinski definition) is 4. The number of pyridine rings is 1. The maximum Gasteiger partial charge on any atom is 0.243 e. The first-order chi connectivity index (χ1) is 13.4. The normalized spacial score (nSPS) is 11.4. The van der Waals surface area contributed by atoms with Gasteiger partial charge in [-0.25, -0.2) is 13.4 Å². The van der Waals surface area contributed by atoms with Crippen LogP contribution in [-0.4, -0.2) is 30.2 Å². The molecule has 3 aromatic rings. The standard InChI is InChI=1S/C21H21N3O3S/c1-17-9-8-14-20(22-17)23-21(25)16-24(15-18-10-4-2-5-11-18)28(26,27)19-12-6-3-7-13-19/h2-14H,15-16H2,1H3,(H,22,23,25). The zero-order chi connectivity index (χ0) is 20.0. The molecule has 0 bridgehead atoms. The molecule has 144 valence electrons. The first-order valence-electron chi connectivity index (χ1n) is 8.78. The minimum atomic E-state index is -3.84. The summed E-state index contributed by atoms with van der Waals surface area (Å²) in [4.78, 5) is 16.9. The molecular formula is C21H21N3O3S. The van der Waals surface area contributed by atoms with Crippen molar-refractivity contribution in [1.82, 2.24) is 9.29 Å². The fourth-order valence-corrected chi connectivity index (χ4v) is 4.12. The number of aromatic nitrogens is 1. The summed E-state index contributed by atoms with van der Waals surface area (Å²) in [5, 5.41) is 2.67. The van der Waals surface area contributed by atoms with E-state index in [1.54, 1.807) is 30.3 Å². The molecule has 0 radical (unpaired) electrons. The maximum atomic E-state index is 13.1. The monoisotopic (exact) mass is 395 g/mol. The van der Waals surface area contributed by atoms with E-state index in [9.17, 15) is 13.2 Å². The van der Waals surface area contributed by atoms with E-state index >= 15 is 0 Å². The molecule has 0 aliphatic heterocycles. The predicted octanol–water partition coefficient (Wildman–Crippen LogP) is 3.22. The third-order valence-electron chi connectivity index (χ3n) is 4.06. The Morgan fingerprint density at radius 2 is 1.57 bits per heavy atom. The number of anilines is 1. The Balaban J connectivity index is 1.84. The van der Waals surface area contributed by atoms with Crippen molar-refractivity contribution < 1.29 is 13.2 Å². The summed E-state index contributed by atoms with van der Waals surface area (Å²) in [5.41, 5.74) is 1.55. The molecule has 28 heavy (non-hydrogen) atoms. The lowest BCUT2D eigenvalue weighted by atomic mass is 10.2. The zero-order valence-corrected chi connectivity index (χ0v) is 16.3. The van der Waals surface area contributed by atoms with Crippen LogP contribution in [0.3, 0.4) is 0 Å². The van der Waals surface area contributed by atoms with Gasteiger partial charge in [-0.15, -0.1) is 0 Å². The number of benzene rings is 2. The lowest BCUT2D eigenvalue weighted by Crippen LogP contribution is -2.37. The van der Waals surface area contributed by atoms with E-state index in [-0.39, 0.29) is 18.0 Å². The summed E-state index contributed by atoms with van der Waals surface area (Å²) in [6, 6.07) is 22.5. The van der Waals surface area contributed by atoms with Gasteiger partial charge in [-0.05, 0) is 36.8 Å². The summed E-state index contributed by atoms with van der Waals surface area (Å²) in [6.07, 6.45) is 0. The molecule has 7 heteroatoms. The van der Waals surface area contributed by atoms with Crippen LogP contribution in [0.2, 0.25) is 0 Å². The summed E-state index contributed by atoms with van der Waals surface area (Å²) >= 11 is 0. The lowest BCUT2D eigenvalue weighted by molar-refractivity contribution is -0.116. The molecule has 3 rings (SSSR count). The third-order valence-corrected chi connectivity index (χ3v) is 5.86. The smallest absolute Gasteiger partial charge is 0.243 e. The molecule has 0 aliphatic carbocycles. The van der Waals surface area contributed by atoms with E-state index in [4.69, 9.17) is 0 Å². The van der Waals surface area contributed by atoms with Gasteiger partial charge in [0.25, 0.3) is 0 Å². The highest BCUT2D eigenvalue weighted by molar-refractivity contribution is 7.89. The zero-order valence-electron chi connectivity index (χ0n) is 15.4. The Bertz CT molecular complexity index is 1040. The number of aryl methyl sites for hydroxylation is 1. The topological polar surface area (TPSA) is 79.4 Å². The van der Waals surface area contributed by atoms with Gasteiger partial charge in [0.2, 0.25) is 15.9 Å². The minimum Gasteiger partial charge on any atom is -0.310 e. The van der Waals surface area contributed by atoms with Gasteiger partial charge < -0.3 is 5.32 Å². The fraction of sp³-hybridized carbons (Fsp3) is 0.143. The highest BCUT2D eigenvalue weighted by Gasteiger charge is 2.26. The second-order valence-corrected chi connectivity index (χ2v) is 8.22. The quantitative estimate of drug-likeness (QED) is 0.666. The molecule has 6 nitrogen and oxygen atoms in total. The molecule has 0 fully saturated rings. The van der Waals surface area contributed by atoms with Gasteiger partial charge in [0, 0.05) is 12.2 Å². The maximum absolute atomic E-state index is 13.1. The molecule has 2 aromatic carbocycles. The van der Waals surface area contributed by atoms with Crippen LogP contribution < -0.4 is 5.32 Å². The summed E-state index contributed by atoms with van der Waals surface area (Å²) < 4.78 is 27.4. The van der Waals surface area contributed by atoms with Gasteiger partial charge in [0.1, 0.15) is 5.82 Å². The van der Waals surface area contributed by atoms with Crippen molar-refractivity contribution in [2.24, 2.45) is 0 Å². The molecule has 0 atom stereocenters. The lowest BCUT2D eigenvalue weighted by Gasteiger charge is -2.22. The van der Waals surface area contributed by atoms with Gasteiger partial charge >= 0.3 is 0 Å². The molecule has 0 aliphatic rings. The molecule has 0 spiro atoms. The number of carbonyl (C=O) groups excluding carboxylic acids is 1. The second-order valence-electron chi connectivity index (χ2n) is 6.28. The first-order valence-corrected chi connectivity index (χ1v) is 10.2. The Morgan fingerprint density at radius 3 is 2.21 bits per heavy atom. The second kappa shape index (κ2) is 8.77. The molecule has 1 amide bonds. The van der Waals surface area contributed by atoms with Crippen LogP contribution in [0.1, 0.15) is 11.3 Å². The molecule has 0 saturated heterocycles.